The second kappa shape index (κ2) is 10.9. The van der Waals surface area contributed by atoms with Gasteiger partial charge in [0.2, 0.25) is 5.91 Å². The van der Waals surface area contributed by atoms with Gasteiger partial charge in [-0.3, -0.25) is 19.3 Å². The Balaban J connectivity index is 1.23. The average molecular weight is 581 g/mol. The number of amides is 3. The number of hydrogen-bond acceptors (Lipinski definition) is 5. The number of carbonyl (C=O) groups excluding carboxylic acids is 3. The summed E-state index contributed by atoms with van der Waals surface area (Å²) in [5.41, 5.74) is 3.42. The van der Waals surface area contributed by atoms with E-state index in [2.05, 4.69) is 22.0 Å². The predicted octanol–water partition coefficient (Wildman–Crippen LogP) is 5.79. The van der Waals surface area contributed by atoms with Crippen LogP contribution in [0.5, 0.6) is 5.75 Å². The number of ether oxygens (including phenoxy) is 1. The molecule has 3 amide bonds. The van der Waals surface area contributed by atoms with Crippen molar-refractivity contribution in [1.29, 1.82) is 0 Å². The van der Waals surface area contributed by atoms with E-state index in [1.54, 1.807) is 47.4 Å². The molecule has 0 N–H and O–H groups in total. The lowest BCUT2D eigenvalue weighted by molar-refractivity contribution is -0.136. The molecule has 2 aliphatic heterocycles. The fourth-order valence-electron chi connectivity index (χ4n) is 4.23. The zero-order valence-corrected chi connectivity index (χ0v) is 22.1. The van der Waals surface area contributed by atoms with Gasteiger partial charge in [0.15, 0.2) is 0 Å². The van der Waals surface area contributed by atoms with Gasteiger partial charge in [-0.15, -0.1) is 0 Å². The van der Waals surface area contributed by atoms with Crippen LogP contribution in [0, 0.1) is 5.82 Å². The maximum absolute atomic E-state index is 13.8. The lowest BCUT2D eigenvalue weighted by Gasteiger charge is -2.29. The van der Waals surface area contributed by atoms with Gasteiger partial charge >= 0.3 is 0 Å². The van der Waals surface area contributed by atoms with Crippen molar-refractivity contribution in [1.82, 2.24) is 9.80 Å². The maximum atomic E-state index is 13.8. The van der Waals surface area contributed by atoms with Crippen LogP contribution in [0.1, 0.15) is 22.3 Å². The molecule has 0 aromatic heterocycles. The lowest BCUT2D eigenvalue weighted by atomic mass is 10.00. The van der Waals surface area contributed by atoms with Gasteiger partial charge in [-0.2, -0.15) is 0 Å². The van der Waals surface area contributed by atoms with Crippen molar-refractivity contribution in [3.05, 3.63) is 104 Å². The molecule has 2 heterocycles. The van der Waals surface area contributed by atoms with Gasteiger partial charge in [0.05, 0.1) is 9.38 Å². The molecule has 37 heavy (non-hydrogen) atoms. The van der Waals surface area contributed by atoms with Crippen molar-refractivity contribution in [3.8, 4) is 5.75 Å². The van der Waals surface area contributed by atoms with Crippen molar-refractivity contribution < 1.29 is 23.5 Å². The van der Waals surface area contributed by atoms with Gasteiger partial charge < -0.3 is 9.64 Å². The van der Waals surface area contributed by atoms with E-state index in [1.807, 2.05) is 18.2 Å². The van der Waals surface area contributed by atoms with E-state index in [1.165, 1.54) is 11.6 Å². The molecular formula is C28H22BrFN2O4S. The minimum Gasteiger partial charge on any atom is -0.488 e. The van der Waals surface area contributed by atoms with Crippen LogP contribution in [0.2, 0.25) is 0 Å². The number of imide groups is 1. The Morgan fingerprint density at radius 1 is 1.05 bits per heavy atom. The molecule has 9 heteroatoms. The van der Waals surface area contributed by atoms with Crippen LogP contribution in [-0.4, -0.2) is 39.9 Å². The number of thioether (sulfide) groups is 1. The Hall–Kier alpha value is -3.43. The van der Waals surface area contributed by atoms with Crippen LogP contribution in [0.4, 0.5) is 9.18 Å². The highest BCUT2D eigenvalue weighted by molar-refractivity contribution is 9.10. The second-order valence-electron chi connectivity index (χ2n) is 8.67. The number of benzene rings is 3. The molecular weight excluding hydrogens is 559 g/mol. The molecule has 188 valence electrons. The minimum absolute atomic E-state index is 0.0696. The molecule has 1 saturated heterocycles. The monoisotopic (exact) mass is 580 g/mol. The summed E-state index contributed by atoms with van der Waals surface area (Å²) in [6, 6.07) is 19.6. The van der Waals surface area contributed by atoms with Crippen molar-refractivity contribution in [2.45, 2.75) is 19.6 Å². The van der Waals surface area contributed by atoms with Gasteiger partial charge in [0, 0.05) is 18.7 Å². The van der Waals surface area contributed by atoms with Crippen LogP contribution in [0.25, 0.3) is 6.08 Å². The molecule has 0 radical (unpaired) electrons. The molecule has 1 fully saturated rings. The summed E-state index contributed by atoms with van der Waals surface area (Å²) in [7, 11) is 0. The number of carbonyl (C=O) groups is 3. The SMILES string of the molecule is O=C(CN1C(=O)S/C(=C\c2ccc(OCc3ccccc3F)c(Br)c2)C1=O)N1CCc2ccccc2C1. The Kier molecular flexibility index (Phi) is 7.43. The molecule has 0 atom stereocenters. The van der Waals surface area contributed by atoms with Crippen LogP contribution in [0.15, 0.2) is 76.1 Å². The van der Waals surface area contributed by atoms with Crippen LogP contribution >= 0.6 is 27.7 Å². The van der Waals surface area contributed by atoms with E-state index in [-0.39, 0.29) is 29.8 Å². The van der Waals surface area contributed by atoms with Crippen LogP contribution in [-0.2, 0) is 29.2 Å². The minimum atomic E-state index is -0.489. The molecule has 5 rings (SSSR count). The zero-order valence-electron chi connectivity index (χ0n) is 19.7. The first kappa shape index (κ1) is 25.2. The van der Waals surface area contributed by atoms with E-state index in [9.17, 15) is 18.8 Å². The van der Waals surface area contributed by atoms with Crippen LogP contribution in [0.3, 0.4) is 0 Å². The van der Waals surface area contributed by atoms with Gasteiger partial charge in [-0.1, -0.05) is 48.5 Å². The number of nitrogens with zero attached hydrogens (tertiary/aromatic N) is 2. The Morgan fingerprint density at radius 2 is 1.81 bits per heavy atom. The third kappa shape index (κ3) is 5.62. The molecule has 0 unspecified atom stereocenters. The summed E-state index contributed by atoms with van der Waals surface area (Å²) in [4.78, 5) is 41.3. The summed E-state index contributed by atoms with van der Waals surface area (Å²) in [5, 5.41) is -0.467. The molecule has 3 aromatic carbocycles. The van der Waals surface area contributed by atoms with Crippen LogP contribution < -0.4 is 4.74 Å². The molecule has 0 saturated carbocycles. The van der Waals surface area contributed by atoms with E-state index in [4.69, 9.17) is 4.74 Å². The lowest BCUT2D eigenvalue weighted by Crippen LogP contribution is -2.44. The first-order valence-corrected chi connectivity index (χ1v) is 13.3. The molecule has 3 aromatic rings. The average Bonchev–Trinajstić information content (AvgIpc) is 3.16. The van der Waals surface area contributed by atoms with Gasteiger partial charge in [0.1, 0.15) is 24.7 Å². The summed E-state index contributed by atoms with van der Waals surface area (Å²) in [5.74, 6) is -0.564. The molecule has 6 nitrogen and oxygen atoms in total. The fourth-order valence-corrected chi connectivity index (χ4v) is 5.58. The number of fused-ring (bicyclic) bond motifs is 1. The van der Waals surface area contributed by atoms with E-state index >= 15 is 0 Å². The van der Waals surface area contributed by atoms with Crippen molar-refractivity contribution in [2.24, 2.45) is 0 Å². The summed E-state index contributed by atoms with van der Waals surface area (Å²) >= 11 is 4.26. The first-order chi connectivity index (χ1) is 17.9. The van der Waals surface area contributed by atoms with Gasteiger partial charge in [-0.05, 0) is 75.1 Å². The quantitative estimate of drug-likeness (QED) is 0.345. The third-order valence-electron chi connectivity index (χ3n) is 6.25. The molecule has 0 spiro atoms. The fraction of sp³-hybridized carbons (Fsp3) is 0.179. The van der Waals surface area contributed by atoms with Crippen molar-refractivity contribution in [3.63, 3.8) is 0 Å². The molecule has 2 aliphatic rings. The van der Waals surface area contributed by atoms with E-state index in [0.717, 1.165) is 28.6 Å². The smallest absolute Gasteiger partial charge is 0.294 e. The number of hydrogen-bond donors (Lipinski definition) is 0. The highest BCUT2D eigenvalue weighted by Gasteiger charge is 2.37. The normalized spacial score (nSPS) is 16.3. The first-order valence-electron chi connectivity index (χ1n) is 11.6. The Bertz CT molecular complexity index is 1430. The molecule has 0 aliphatic carbocycles. The highest BCUT2D eigenvalue weighted by Crippen LogP contribution is 2.34. The number of rotatable bonds is 6. The summed E-state index contributed by atoms with van der Waals surface area (Å²) in [6.45, 7) is 0.818. The standard InChI is InChI=1S/C28H22BrFN2O4S/c29-22-13-18(9-10-24(22)36-17-21-7-3-4-8-23(21)30)14-25-27(34)32(28(35)37-25)16-26(33)31-12-11-19-5-1-2-6-20(19)15-31/h1-10,13-14H,11-12,15-17H2/b25-14-. The van der Waals surface area contributed by atoms with Crippen molar-refractivity contribution in [2.75, 3.05) is 13.1 Å². The predicted molar refractivity (Wildman–Crippen MR) is 143 cm³/mol. The topological polar surface area (TPSA) is 66.9 Å². The van der Waals surface area contributed by atoms with E-state index in [0.29, 0.717) is 34.4 Å². The van der Waals surface area contributed by atoms with Gasteiger partial charge in [0.25, 0.3) is 11.1 Å². The second-order valence-corrected chi connectivity index (χ2v) is 10.5. The summed E-state index contributed by atoms with van der Waals surface area (Å²) in [6.07, 6.45) is 2.36. The zero-order chi connectivity index (χ0) is 25.9. The van der Waals surface area contributed by atoms with E-state index < -0.39 is 11.1 Å². The number of halogens is 2. The Labute approximate surface area is 226 Å². The largest absolute Gasteiger partial charge is 0.488 e. The van der Waals surface area contributed by atoms with Gasteiger partial charge in [-0.25, -0.2) is 4.39 Å². The molecule has 0 bridgehead atoms. The Morgan fingerprint density at radius 3 is 2.59 bits per heavy atom. The highest BCUT2D eigenvalue weighted by atomic mass is 79.9. The van der Waals surface area contributed by atoms with Crippen molar-refractivity contribution >= 4 is 50.8 Å². The maximum Gasteiger partial charge on any atom is 0.294 e. The third-order valence-corrected chi connectivity index (χ3v) is 7.77. The summed E-state index contributed by atoms with van der Waals surface area (Å²) < 4.78 is 20.2.